The zero-order valence-corrected chi connectivity index (χ0v) is 9.42. The van der Waals surface area contributed by atoms with Gasteiger partial charge in [-0.2, -0.15) is 0 Å². The van der Waals surface area contributed by atoms with Gasteiger partial charge in [-0.3, -0.25) is 4.79 Å². The number of aryl methyl sites for hydroxylation is 1. The molecule has 2 nitrogen and oxygen atoms in total. The standard InChI is InChI=1S/C12H13F2NO/c1-8-4-5-10(12(14)11(8)13)9(7-16)6-15(2)3/h4-7H,1-3H3. The second-order valence-electron chi connectivity index (χ2n) is 3.72. The van der Waals surface area contributed by atoms with E-state index in [1.807, 2.05) is 0 Å². The van der Waals surface area contributed by atoms with Gasteiger partial charge in [0.1, 0.15) is 0 Å². The fourth-order valence-electron chi connectivity index (χ4n) is 1.31. The van der Waals surface area contributed by atoms with E-state index in [1.165, 1.54) is 25.3 Å². The van der Waals surface area contributed by atoms with Crippen LogP contribution >= 0.6 is 0 Å². The Morgan fingerprint density at radius 1 is 1.25 bits per heavy atom. The minimum Gasteiger partial charge on any atom is -0.383 e. The zero-order chi connectivity index (χ0) is 12.3. The highest BCUT2D eigenvalue weighted by Crippen LogP contribution is 2.21. The Kier molecular flexibility index (Phi) is 3.77. The second kappa shape index (κ2) is 4.88. The summed E-state index contributed by atoms with van der Waals surface area (Å²) in [5.74, 6) is -1.90. The molecule has 0 bridgehead atoms. The van der Waals surface area contributed by atoms with Gasteiger partial charge in [0.2, 0.25) is 0 Å². The minimum atomic E-state index is -0.986. The van der Waals surface area contributed by atoms with E-state index in [9.17, 15) is 13.6 Å². The fourth-order valence-corrected chi connectivity index (χ4v) is 1.31. The summed E-state index contributed by atoms with van der Waals surface area (Å²) in [7, 11) is 3.40. The number of nitrogens with zero attached hydrogens (tertiary/aromatic N) is 1. The van der Waals surface area contributed by atoms with Crippen LogP contribution in [-0.4, -0.2) is 25.3 Å². The molecule has 0 heterocycles. The Bertz CT molecular complexity index is 439. The monoisotopic (exact) mass is 225 g/mol. The van der Waals surface area contributed by atoms with Crippen molar-refractivity contribution in [3.8, 4) is 0 Å². The molecule has 0 aliphatic heterocycles. The van der Waals surface area contributed by atoms with Crippen molar-refractivity contribution in [1.29, 1.82) is 0 Å². The molecule has 0 aliphatic rings. The van der Waals surface area contributed by atoms with Crippen LogP contribution in [0.2, 0.25) is 0 Å². The van der Waals surface area contributed by atoms with Crippen molar-refractivity contribution in [3.05, 3.63) is 41.1 Å². The van der Waals surface area contributed by atoms with Crippen LogP contribution < -0.4 is 0 Å². The average molecular weight is 225 g/mol. The Balaban J connectivity index is 3.32. The second-order valence-corrected chi connectivity index (χ2v) is 3.72. The maximum absolute atomic E-state index is 13.6. The smallest absolute Gasteiger partial charge is 0.167 e. The number of hydrogen-bond donors (Lipinski definition) is 0. The molecule has 0 atom stereocenters. The molecular formula is C12H13F2NO. The highest BCUT2D eigenvalue weighted by molar-refractivity contribution is 6.06. The highest BCUT2D eigenvalue weighted by Gasteiger charge is 2.14. The number of carbonyl (C=O) groups excluding carboxylic acids is 1. The molecule has 0 N–H and O–H groups in total. The van der Waals surface area contributed by atoms with Crippen LogP contribution in [0.1, 0.15) is 11.1 Å². The molecule has 0 radical (unpaired) electrons. The third-order valence-electron chi connectivity index (χ3n) is 2.11. The van der Waals surface area contributed by atoms with E-state index < -0.39 is 11.6 Å². The number of allylic oxidation sites excluding steroid dienone is 1. The molecule has 86 valence electrons. The van der Waals surface area contributed by atoms with Crippen molar-refractivity contribution in [2.75, 3.05) is 14.1 Å². The average Bonchev–Trinajstić information content (AvgIpc) is 2.23. The number of hydrogen-bond acceptors (Lipinski definition) is 2. The van der Waals surface area contributed by atoms with Gasteiger partial charge in [0, 0.05) is 31.4 Å². The summed E-state index contributed by atoms with van der Waals surface area (Å²) in [5, 5.41) is 0. The molecule has 0 fully saturated rings. The van der Waals surface area contributed by atoms with Gasteiger partial charge >= 0.3 is 0 Å². The molecule has 16 heavy (non-hydrogen) atoms. The lowest BCUT2D eigenvalue weighted by molar-refractivity contribution is -0.103. The van der Waals surface area contributed by atoms with E-state index in [4.69, 9.17) is 0 Å². The minimum absolute atomic E-state index is 0.0215. The van der Waals surface area contributed by atoms with Crippen molar-refractivity contribution in [3.63, 3.8) is 0 Å². The van der Waals surface area contributed by atoms with Crippen molar-refractivity contribution in [2.45, 2.75) is 6.92 Å². The molecule has 4 heteroatoms. The molecular weight excluding hydrogens is 212 g/mol. The molecule has 1 aromatic rings. The molecule has 1 rings (SSSR count). The van der Waals surface area contributed by atoms with Gasteiger partial charge < -0.3 is 4.90 Å². The lowest BCUT2D eigenvalue weighted by atomic mass is 10.0. The first kappa shape index (κ1) is 12.4. The largest absolute Gasteiger partial charge is 0.383 e. The quantitative estimate of drug-likeness (QED) is 0.581. The highest BCUT2D eigenvalue weighted by atomic mass is 19.2. The van der Waals surface area contributed by atoms with Gasteiger partial charge in [0.05, 0.1) is 0 Å². The number of aldehydes is 1. The van der Waals surface area contributed by atoms with Crippen LogP contribution in [-0.2, 0) is 4.79 Å². The van der Waals surface area contributed by atoms with Crippen molar-refractivity contribution < 1.29 is 13.6 Å². The SMILES string of the molecule is Cc1ccc(C(C=O)=CN(C)C)c(F)c1F. The topological polar surface area (TPSA) is 20.3 Å². The predicted octanol–water partition coefficient (Wildman–Crippen LogP) is 2.37. The van der Waals surface area contributed by atoms with E-state index >= 15 is 0 Å². The van der Waals surface area contributed by atoms with Crippen molar-refractivity contribution >= 4 is 11.9 Å². The van der Waals surface area contributed by atoms with Crippen LogP contribution in [0, 0.1) is 18.6 Å². The normalized spacial score (nSPS) is 11.4. The first-order chi connectivity index (χ1) is 7.47. The summed E-state index contributed by atoms with van der Waals surface area (Å²) in [6.07, 6.45) is 1.95. The van der Waals surface area contributed by atoms with Crippen LogP contribution in [0.15, 0.2) is 18.3 Å². The lowest BCUT2D eigenvalue weighted by Crippen LogP contribution is -2.05. The Hall–Kier alpha value is -1.71. The van der Waals surface area contributed by atoms with Gasteiger partial charge in [0.25, 0.3) is 0 Å². The Labute approximate surface area is 93.2 Å². The lowest BCUT2D eigenvalue weighted by Gasteiger charge is -2.09. The van der Waals surface area contributed by atoms with E-state index in [0.717, 1.165) is 0 Å². The summed E-state index contributed by atoms with van der Waals surface area (Å²) >= 11 is 0. The molecule has 0 amide bonds. The van der Waals surface area contributed by atoms with E-state index in [0.29, 0.717) is 6.29 Å². The van der Waals surface area contributed by atoms with Crippen LogP contribution in [0.3, 0.4) is 0 Å². The molecule has 0 spiro atoms. The van der Waals surface area contributed by atoms with Crippen molar-refractivity contribution in [1.82, 2.24) is 4.90 Å². The first-order valence-corrected chi connectivity index (χ1v) is 4.75. The molecule has 0 aromatic heterocycles. The van der Waals surface area contributed by atoms with E-state index in [-0.39, 0.29) is 16.7 Å². The summed E-state index contributed by atoms with van der Waals surface area (Å²) in [5.41, 5.74) is 0.310. The van der Waals surface area contributed by atoms with E-state index in [2.05, 4.69) is 0 Å². The van der Waals surface area contributed by atoms with Gasteiger partial charge in [-0.15, -0.1) is 0 Å². The number of benzene rings is 1. The van der Waals surface area contributed by atoms with E-state index in [1.54, 1.807) is 19.0 Å². The first-order valence-electron chi connectivity index (χ1n) is 4.75. The van der Waals surface area contributed by atoms with Gasteiger partial charge in [-0.1, -0.05) is 12.1 Å². The van der Waals surface area contributed by atoms with Crippen molar-refractivity contribution in [2.24, 2.45) is 0 Å². The van der Waals surface area contributed by atoms with Gasteiger partial charge in [-0.05, 0) is 12.5 Å². The van der Waals surface area contributed by atoms with Crippen LogP contribution in [0.25, 0.3) is 5.57 Å². The Morgan fingerprint density at radius 3 is 2.38 bits per heavy atom. The van der Waals surface area contributed by atoms with Crippen LogP contribution in [0.5, 0.6) is 0 Å². The maximum Gasteiger partial charge on any atom is 0.167 e. The van der Waals surface area contributed by atoms with Crippen LogP contribution in [0.4, 0.5) is 8.78 Å². The summed E-state index contributed by atoms with van der Waals surface area (Å²) < 4.78 is 26.9. The Morgan fingerprint density at radius 2 is 1.88 bits per heavy atom. The molecule has 0 saturated carbocycles. The molecule has 0 unspecified atom stereocenters. The number of carbonyl (C=O) groups is 1. The molecule has 0 saturated heterocycles. The molecule has 0 aliphatic carbocycles. The van der Waals surface area contributed by atoms with Gasteiger partial charge in [-0.25, -0.2) is 8.78 Å². The summed E-state index contributed by atoms with van der Waals surface area (Å²) in [4.78, 5) is 12.4. The van der Waals surface area contributed by atoms with Gasteiger partial charge in [0.15, 0.2) is 17.9 Å². The third-order valence-corrected chi connectivity index (χ3v) is 2.11. The summed E-state index contributed by atoms with van der Waals surface area (Å²) in [6, 6.07) is 2.85. The number of halogens is 2. The third kappa shape index (κ3) is 2.45. The zero-order valence-electron chi connectivity index (χ0n) is 9.42. The predicted molar refractivity (Wildman–Crippen MR) is 58.8 cm³/mol. The molecule has 1 aromatic carbocycles. The number of rotatable bonds is 3. The fraction of sp³-hybridized carbons (Fsp3) is 0.250. The summed E-state index contributed by atoms with van der Waals surface area (Å²) in [6.45, 7) is 1.47. The maximum atomic E-state index is 13.6.